The van der Waals surface area contributed by atoms with E-state index in [0.717, 1.165) is 33.1 Å². The van der Waals surface area contributed by atoms with Crippen LogP contribution in [0.25, 0.3) is 121 Å². The van der Waals surface area contributed by atoms with Gasteiger partial charge in [-0.3, -0.25) is 9.97 Å². The third-order valence-corrected chi connectivity index (χ3v) is 14.1. The van der Waals surface area contributed by atoms with Crippen molar-refractivity contribution in [2.45, 2.75) is 0 Å². The quantitative estimate of drug-likeness (QED) is 0.0947. The Morgan fingerprint density at radius 2 is 0.753 bits per heavy atom. The van der Waals surface area contributed by atoms with Gasteiger partial charge in [-0.2, -0.15) is 0 Å². The molecule has 0 aliphatic heterocycles. The number of benzene rings is 10. The maximum absolute atomic E-state index is 4.67. The molecule has 15 aromatic rings. The monoisotopic (exact) mass is 1260 g/mol. The first-order valence-corrected chi connectivity index (χ1v) is 30.6. The van der Waals surface area contributed by atoms with Crippen LogP contribution in [0.1, 0.15) is 0 Å². The minimum Gasteiger partial charge on any atom is -0.309 e. The summed E-state index contributed by atoms with van der Waals surface area (Å²) in [5, 5.41) is 7.35. The Morgan fingerprint density at radius 3 is 1.19 bits per heavy atom. The minimum absolute atomic E-state index is 0. The van der Waals surface area contributed by atoms with Crippen LogP contribution in [-0.2, 0) is 20.1 Å². The van der Waals surface area contributed by atoms with Crippen molar-refractivity contribution in [1.82, 2.24) is 24.1 Å². The van der Waals surface area contributed by atoms with Gasteiger partial charge < -0.3 is 14.1 Å². The molecule has 393 valence electrons. The molecule has 0 aliphatic carbocycles. The van der Waals surface area contributed by atoms with Gasteiger partial charge in [0.2, 0.25) is 0 Å². The van der Waals surface area contributed by atoms with Gasteiger partial charge in [-0.15, -0.1) is 44.8 Å². The predicted octanol–water partition coefficient (Wildman–Crippen LogP) is 19.7. The second kappa shape index (κ2) is 25.2. The Balaban J connectivity index is 0.000000138. The van der Waals surface area contributed by atoms with Crippen molar-refractivity contribution < 1.29 is 20.1 Å². The normalized spacial score (nSPS) is 10.9. The predicted molar refractivity (Wildman–Crippen MR) is 345 cm³/mol. The van der Waals surface area contributed by atoms with E-state index in [0.29, 0.717) is 7.61 Å². The second-order valence-electron chi connectivity index (χ2n) is 19.6. The molecule has 0 fully saturated rings. The number of nitrogens with zero attached hydrogens (tertiary/aromatic N) is 5. The van der Waals surface area contributed by atoms with Crippen LogP contribution in [0.3, 0.4) is 0 Å². The van der Waals surface area contributed by atoms with Gasteiger partial charge in [-0.05, 0) is 131 Å². The number of hydrogen-bond acceptors (Lipinski definition) is 3. The fourth-order valence-electron chi connectivity index (χ4n) is 10.7. The molecule has 0 N–H and O–H groups in total. The number of hydrogen-bond donors (Lipinski definition) is 0. The molecule has 1 atom stereocenters. The van der Waals surface area contributed by atoms with Crippen molar-refractivity contribution in [1.29, 1.82) is 0 Å². The van der Waals surface area contributed by atoms with Crippen molar-refractivity contribution in [3.05, 3.63) is 298 Å². The molecule has 1 radical (unpaired) electrons. The van der Waals surface area contributed by atoms with Gasteiger partial charge in [0.15, 0.2) is 0 Å². The zero-order valence-electron chi connectivity index (χ0n) is 44.8. The first-order chi connectivity index (χ1) is 39.5. The van der Waals surface area contributed by atoms with E-state index in [1.54, 1.807) is 6.20 Å². The summed E-state index contributed by atoms with van der Waals surface area (Å²) in [6.07, 6.45) is 5.54. The molecular formula is C73H56IrN5P2-. The van der Waals surface area contributed by atoms with Crippen LogP contribution < -0.4 is 0 Å². The standard InChI is InChI=1S/C36H24N2.C24H16N2.C11H8N.C2H8P2.Ir/c1-3-11-27(12-4-1)37-33-17-9-7-15-29(33)31-23-25(19-21-35(31)37)26-20-22-36-32(24-26)30-16-8-10-18-34(30)38(36)28-13-5-2-6-14-28;1-3-7-17(8-4-1)19-13-15-25-23-21(19)11-12-22-20(14-16-26-24(22)23)18-9-5-2-6-10-18;1-2-6-10(7-3-1)11-8-4-5-9-12-11;1-4(2)3;/h1-24H;1-16H;1-6,8-9H;3H2,1-2H3;/q;;-1;;. The molecular weight excluding hydrogens is 1200 g/mol. The molecule has 0 amide bonds. The molecule has 0 saturated heterocycles. The summed E-state index contributed by atoms with van der Waals surface area (Å²) in [5.74, 6) is 0. The van der Waals surface area contributed by atoms with E-state index in [-0.39, 0.29) is 20.1 Å². The van der Waals surface area contributed by atoms with Crippen LogP contribution in [0.4, 0.5) is 0 Å². The second-order valence-corrected chi connectivity index (χ2v) is 24.6. The molecule has 0 saturated carbocycles. The van der Waals surface area contributed by atoms with Crippen LogP contribution in [0, 0.1) is 6.07 Å². The van der Waals surface area contributed by atoms with E-state index < -0.39 is 0 Å². The summed E-state index contributed by atoms with van der Waals surface area (Å²) < 4.78 is 4.73. The van der Waals surface area contributed by atoms with Crippen LogP contribution in [-0.4, -0.2) is 37.4 Å². The van der Waals surface area contributed by atoms with Crippen molar-refractivity contribution >= 4 is 82.0 Å². The van der Waals surface area contributed by atoms with Gasteiger partial charge in [-0.25, -0.2) is 0 Å². The zero-order valence-corrected chi connectivity index (χ0v) is 49.3. The number of fused-ring (bicyclic) bond motifs is 9. The molecule has 8 heteroatoms. The number of pyridine rings is 3. The van der Waals surface area contributed by atoms with E-state index in [1.165, 1.54) is 88.4 Å². The Kier molecular flexibility index (Phi) is 16.9. The summed E-state index contributed by atoms with van der Waals surface area (Å²) in [6.45, 7) is 4.39. The summed E-state index contributed by atoms with van der Waals surface area (Å²) in [5.41, 5.74) is 18.4. The molecule has 0 bridgehead atoms. The number of rotatable bonds is 6. The Morgan fingerprint density at radius 1 is 0.346 bits per heavy atom. The topological polar surface area (TPSA) is 48.5 Å². The van der Waals surface area contributed by atoms with Crippen molar-refractivity contribution in [3.8, 4) is 56.0 Å². The summed E-state index contributed by atoms with van der Waals surface area (Å²) in [7, 11) is 3.02. The van der Waals surface area contributed by atoms with E-state index in [9.17, 15) is 0 Å². The molecule has 81 heavy (non-hydrogen) atoms. The largest absolute Gasteiger partial charge is 0.309 e. The SMILES string of the molecule is CP(C)P.[Ir].[c-]1ccccc1-c1ccccn1.c1ccc(-c2ccnc3c2ccc2c(-c4ccccc4)ccnc23)cc1.c1ccc(-n2c3ccccc3c3cc(-c4ccc5c(c4)c4ccccc4n5-c4ccccc4)ccc32)cc1. The Hall–Kier alpha value is -8.72. The molecule has 0 aliphatic rings. The fraction of sp³-hybridized carbons (Fsp3) is 0.0274. The summed E-state index contributed by atoms with van der Waals surface area (Å²) in [6, 6.07) is 98.6. The fourth-order valence-corrected chi connectivity index (χ4v) is 10.7. The Labute approximate surface area is 489 Å². The van der Waals surface area contributed by atoms with Crippen LogP contribution in [0.5, 0.6) is 0 Å². The van der Waals surface area contributed by atoms with E-state index in [4.69, 9.17) is 0 Å². The average molecular weight is 1260 g/mol. The molecule has 10 aromatic carbocycles. The van der Waals surface area contributed by atoms with Gasteiger partial charge in [0.05, 0.1) is 33.1 Å². The average Bonchev–Trinajstić information content (AvgIpc) is 4.21. The van der Waals surface area contributed by atoms with Crippen molar-refractivity contribution in [3.63, 3.8) is 0 Å². The van der Waals surface area contributed by atoms with Gasteiger partial charge in [0, 0.05) is 82.4 Å². The first kappa shape index (κ1) is 54.2. The molecule has 0 spiro atoms. The van der Waals surface area contributed by atoms with E-state index in [2.05, 4.69) is 271 Å². The number of para-hydroxylation sites is 4. The first-order valence-electron chi connectivity index (χ1n) is 26.7. The van der Waals surface area contributed by atoms with Gasteiger partial charge in [0.1, 0.15) is 0 Å². The smallest absolute Gasteiger partial charge is 0.0970 e. The molecule has 15 rings (SSSR count). The van der Waals surface area contributed by atoms with Crippen molar-refractivity contribution in [2.24, 2.45) is 0 Å². The summed E-state index contributed by atoms with van der Waals surface area (Å²) >= 11 is 0. The molecule has 5 nitrogen and oxygen atoms in total. The van der Waals surface area contributed by atoms with Crippen LogP contribution >= 0.6 is 16.5 Å². The van der Waals surface area contributed by atoms with E-state index >= 15 is 0 Å². The van der Waals surface area contributed by atoms with Crippen molar-refractivity contribution in [2.75, 3.05) is 13.3 Å². The zero-order chi connectivity index (χ0) is 54.2. The molecule has 5 heterocycles. The van der Waals surface area contributed by atoms with Crippen LogP contribution in [0.2, 0.25) is 0 Å². The Bertz CT molecular complexity index is 4260. The number of aromatic nitrogens is 5. The maximum atomic E-state index is 4.67. The van der Waals surface area contributed by atoms with Gasteiger partial charge >= 0.3 is 0 Å². The third-order valence-electron chi connectivity index (χ3n) is 14.1. The summed E-state index contributed by atoms with van der Waals surface area (Å²) in [4.78, 5) is 13.6. The van der Waals surface area contributed by atoms with E-state index in [1.807, 2.05) is 67.0 Å². The van der Waals surface area contributed by atoms with Crippen LogP contribution in [0.15, 0.2) is 292 Å². The maximum Gasteiger partial charge on any atom is 0.0970 e. The minimum atomic E-state index is 0. The molecule has 5 aromatic heterocycles. The molecule has 1 unspecified atom stereocenters. The van der Waals surface area contributed by atoms with Gasteiger partial charge in [-0.1, -0.05) is 177 Å². The third kappa shape index (κ3) is 11.5. The van der Waals surface area contributed by atoms with Gasteiger partial charge in [0.25, 0.3) is 0 Å².